The molecule has 1 aromatic rings. The molecule has 4 N–H and O–H groups in total. The topological polar surface area (TPSA) is 93.4 Å². The minimum absolute atomic E-state index is 0.107. The summed E-state index contributed by atoms with van der Waals surface area (Å²) in [7, 11) is -2.20. The van der Waals surface area contributed by atoms with Crippen molar-refractivity contribution in [1.29, 1.82) is 0 Å². The number of nitrogens with two attached hydrogens (primary N) is 1. The number of ether oxygens (including phenoxy) is 1. The monoisotopic (exact) mass is 367 g/mol. The highest BCUT2D eigenvalue weighted by Gasteiger charge is 2.13. The van der Waals surface area contributed by atoms with Crippen molar-refractivity contribution in [2.45, 2.75) is 0 Å². The minimum atomic E-state index is -3.69. The summed E-state index contributed by atoms with van der Waals surface area (Å²) in [6.45, 7) is 0.453. The van der Waals surface area contributed by atoms with E-state index in [4.69, 9.17) is 22.7 Å². The zero-order chi connectivity index (χ0) is 14.5. The van der Waals surface area contributed by atoms with Crippen LogP contribution in [0.25, 0.3) is 0 Å². The molecule has 0 radical (unpaired) electrons. The van der Waals surface area contributed by atoms with Gasteiger partial charge in [-0.25, -0.2) is 0 Å². The zero-order valence-corrected chi connectivity index (χ0v) is 13.4. The van der Waals surface area contributed by atoms with Crippen molar-refractivity contribution in [1.82, 2.24) is 4.72 Å². The first-order chi connectivity index (χ1) is 8.85. The van der Waals surface area contributed by atoms with E-state index in [1.54, 1.807) is 18.2 Å². The Balaban J connectivity index is 2.90. The van der Waals surface area contributed by atoms with Gasteiger partial charge in [0.15, 0.2) is 0 Å². The number of methoxy groups -OCH3 is 1. The maximum atomic E-state index is 11.8. The third kappa shape index (κ3) is 5.41. The van der Waals surface area contributed by atoms with Crippen molar-refractivity contribution in [2.75, 3.05) is 25.0 Å². The van der Waals surface area contributed by atoms with Gasteiger partial charge < -0.3 is 10.5 Å². The standard InChI is InChI=1S/C10H14BrN3O3S2/c1-17-5-4-13-19(15,16)14-9-3-2-7(11)6-8(9)10(12)18/h2-3,6,13-14H,4-5H2,1H3,(H2,12,18). The van der Waals surface area contributed by atoms with Crippen LogP contribution in [0.2, 0.25) is 0 Å². The Morgan fingerprint density at radius 1 is 1.53 bits per heavy atom. The number of anilines is 1. The fourth-order valence-corrected chi connectivity index (χ4v) is 2.69. The van der Waals surface area contributed by atoms with Gasteiger partial charge in [-0.05, 0) is 18.2 Å². The van der Waals surface area contributed by atoms with E-state index in [0.29, 0.717) is 11.3 Å². The number of halogens is 1. The second-order valence-electron chi connectivity index (χ2n) is 3.55. The van der Waals surface area contributed by atoms with E-state index < -0.39 is 10.2 Å². The summed E-state index contributed by atoms with van der Waals surface area (Å²) in [6.07, 6.45) is 0. The van der Waals surface area contributed by atoms with Gasteiger partial charge in [-0.15, -0.1) is 0 Å². The van der Waals surface area contributed by atoms with E-state index in [2.05, 4.69) is 25.4 Å². The Hall–Kier alpha value is -0.740. The second-order valence-corrected chi connectivity index (χ2v) is 6.40. The molecule has 0 saturated heterocycles. The van der Waals surface area contributed by atoms with Gasteiger partial charge in [0.25, 0.3) is 10.2 Å². The van der Waals surface area contributed by atoms with Gasteiger partial charge in [0.2, 0.25) is 0 Å². The molecular weight excluding hydrogens is 354 g/mol. The maximum Gasteiger partial charge on any atom is 0.299 e. The summed E-state index contributed by atoms with van der Waals surface area (Å²) in [5.74, 6) is 0. The van der Waals surface area contributed by atoms with E-state index >= 15 is 0 Å². The molecule has 0 bridgehead atoms. The van der Waals surface area contributed by atoms with E-state index in [0.717, 1.165) is 4.47 Å². The van der Waals surface area contributed by atoms with Crippen LogP contribution in [0.15, 0.2) is 22.7 Å². The van der Waals surface area contributed by atoms with E-state index in [-0.39, 0.29) is 18.1 Å². The van der Waals surface area contributed by atoms with Crippen LogP contribution < -0.4 is 15.2 Å². The molecule has 1 aromatic carbocycles. The lowest BCUT2D eigenvalue weighted by Gasteiger charge is -2.12. The summed E-state index contributed by atoms with van der Waals surface area (Å²) in [5, 5.41) is 0. The highest BCUT2D eigenvalue weighted by Crippen LogP contribution is 2.21. The Morgan fingerprint density at radius 2 is 2.21 bits per heavy atom. The van der Waals surface area contributed by atoms with Crippen molar-refractivity contribution in [2.24, 2.45) is 5.73 Å². The highest BCUT2D eigenvalue weighted by molar-refractivity contribution is 9.10. The van der Waals surface area contributed by atoms with Crippen LogP contribution in [0.1, 0.15) is 5.56 Å². The molecule has 0 atom stereocenters. The van der Waals surface area contributed by atoms with E-state index in [1.165, 1.54) is 7.11 Å². The number of thiocarbonyl (C=S) groups is 1. The number of rotatable bonds is 7. The smallest absolute Gasteiger partial charge is 0.299 e. The van der Waals surface area contributed by atoms with Gasteiger partial charge in [0, 0.05) is 23.7 Å². The molecule has 9 heteroatoms. The molecule has 0 aliphatic carbocycles. The molecule has 19 heavy (non-hydrogen) atoms. The first-order valence-corrected chi connectivity index (χ1v) is 7.90. The van der Waals surface area contributed by atoms with Crippen LogP contribution in [0.4, 0.5) is 5.69 Å². The summed E-state index contributed by atoms with van der Waals surface area (Å²) in [6, 6.07) is 4.91. The van der Waals surface area contributed by atoms with E-state index in [9.17, 15) is 8.42 Å². The molecule has 0 unspecified atom stereocenters. The summed E-state index contributed by atoms with van der Waals surface area (Å²) in [5.41, 5.74) is 6.33. The molecule has 0 aliphatic rings. The van der Waals surface area contributed by atoms with Crippen LogP contribution in [-0.4, -0.2) is 33.7 Å². The summed E-state index contributed by atoms with van der Waals surface area (Å²) < 4.78 is 33.7. The maximum absolute atomic E-state index is 11.8. The molecule has 6 nitrogen and oxygen atoms in total. The van der Waals surface area contributed by atoms with Crippen LogP contribution in [0.3, 0.4) is 0 Å². The molecule has 0 fully saturated rings. The molecular formula is C10H14BrN3O3S2. The third-order valence-corrected chi connectivity index (χ3v) is 3.88. The first kappa shape index (κ1) is 16.3. The van der Waals surface area contributed by atoms with Crippen molar-refractivity contribution in [3.63, 3.8) is 0 Å². The molecule has 0 amide bonds. The van der Waals surface area contributed by atoms with Crippen molar-refractivity contribution < 1.29 is 13.2 Å². The van der Waals surface area contributed by atoms with Crippen LogP contribution in [0.5, 0.6) is 0 Å². The molecule has 0 spiro atoms. The van der Waals surface area contributed by atoms with Gasteiger partial charge in [-0.1, -0.05) is 28.1 Å². The van der Waals surface area contributed by atoms with Crippen molar-refractivity contribution in [3.8, 4) is 0 Å². The molecule has 0 heterocycles. The fraction of sp³-hybridized carbons (Fsp3) is 0.300. The average molecular weight is 368 g/mol. The van der Waals surface area contributed by atoms with Crippen LogP contribution in [0, 0.1) is 0 Å². The van der Waals surface area contributed by atoms with Crippen LogP contribution >= 0.6 is 28.1 Å². The molecule has 0 saturated carbocycles. The fourth-order valence-electron chi connectivity index (χ4n) is 1.27. The Labute approximate surface area is 126 Å². The predicted octanol–water partition coefficient (Wildman–Crippen LogP) is 0.976. The van der Waals surface area contributed by atoms with Crippen LogP contribution in [-0.2, 0) is 14.9 Å². The number of hydrogen-bond acceptors (Lipinski definition) is 4. The molecule has 0 aromatic heterocycles. The highest BCUT2D eigenvalue weighted by atomic mass is 79.9. The Kier molecular flexibility index (Phi) is 6.14. The molecule has 1 rings (SSSR count). The van der Waals surface area contributed by atoms with Crippen molar-refractivity contribution in [3.05, 3.63) is 28.2 Å². The summed E-state index contributed by atoms with van der Waals surface area (Å²) >= 11 is 8.16. The van der Waals surface area contributed by atoms with Gasteiger partial charge in [0.05, 0.1) is 12.3 Å². The lowest BCUT2D eigenvalue weighted by Crippen LogP contribution is -2.33. The Morgan fingerprint density at radius 3 is 2.79 bits per heavy atom. The van der Waals surface area contributed by atoms with E-state index in [1.807, 2.05) is 0 Å². The average Bonchev–Trinajstić information content (AvgIpc) is 2.31. The lowest BCUT2D eigenvalue weighted by molar-refractivity contribution is 0.204. The first-order valence-electron chi connectivity index (χ1n) is 5.21. The summed E-state index contributed by atoms with van der Waals surface area (Å²) in [4.78, 5) is 0.107. The molecule has 106 valence electrons. The number of nitrogens with one attached hydrogen (secondary N) is 2. The Bertz CT molecular complexity index is 563. The number of hydrogen-bond donors (Lipinski definition) is 3. The molecule has 0 aliphatic heterocycles. The zero-order valence-electron chi connectivity index (χ0n) is 10.1. The third-order valence-electron chi connectivity index (χ3n) is 2.09. The second kappa shape index (κ2) is 7.15. The van der Waals surface area contributed by atoms with Gasteiger partial charge >= 0.3 is 0 Å². The minimum Gasteiger partial charge on any atom is -0.389 e. The predicted molar refractivity (Wildman–Crippen MR) is 82.5 cm³/mol. The number of benzene rings is 1. The lowest BCUT2D eigenvalue weighted by atomic mass is 10.2. The van der Waals surface area contributed by atoms with Crippen molar-refractivity contribution >= 4 is 49.0 Å². The quantitative estimate of drug-likeness (QED) is 0.493. The van der Waals surface area contributed by atoms with Gasteiger partial charge in [-0.3, -0.25) is 4.72 Å². The largest absolute Gasteiger partial charge is 0.389 e. The van der Waals surface area contributed by atoms with Gasteiger partial charge in [0.1, 0.15) is 4.99 Å². The normalized spacial score (nSPS) is 11.3. The SMILES string of the molecule is COCCNS(=O)(=O)Nc1ccc(Br)cc1C(N)=S. The van der Waals surface area contributed by atoms with Gasteiger partial charge in [-0.2, -0.15) is 13.1 Å².